The number of nitrogens with zero attached hydrogens (tertiary/aromatic N) is 3. The van der Waals surface area contributed by atoms with Gasteiger partial charge in [0.2, 0.25) is 17.7 Å². The quantitative estimate of drug-likeness (QED) is 0.679. The Bertz CT molecular complexity index is 1060. The van der Waals surface area contributed by atoms with Gasteiger partial charge in [0, 0.05) is 17.1 Å². The molecule has 2 N–H and O–H groups in total. The lowest BCUT2D eigenvalue weighted by Crippen LogP contribution is -2.15. The molecule has 144 valence electrons. The average Bonchev–Trinajstić information content (AvgIpc) is 3.61. The molecule has 3 aromatic heterocycles. The molecule has 0 spiro atoms. The van der Waals surface area contributed by atoms with E-state index in [2.05, 4.69) is 25.3 Å². The fourth-order valence-corrected chi connectivity index (χ4v) is 3.11. The minimum atomic E-state index is -1.05. The second-order valence-corrected chi connectivity index (χ2v) is 7.02. The third-order valence-electron chi connectivity index (χ3n) is 4.88. The highest BCUT2D eigenvalue weighted by molar-refractivity contribution is 5.99. The number of hydrogen-bond acceptors (Lipinski definition) is 6. The molecule has 5 rings (SSSR count). The van der Waals surface area contributed by atoms with Crippen molar-refractivity contribution in [2.75, 3.05) is 12.4 Å². The molecule has 2 fully saturated rings. The molecule has 2 atom stereocenters. The molecule has 2 aliphatic carbocycles. The molecular formula is C19H18FN5O3. The van der Waals surface area contributed by atoms with Gasteiger partial charge in [0.1, 0.15) is 35.6 Å². The molecule has 0 bridgehead atoms. The smallest absolute Gasteiger partial charge is 0.231 e. The predicted molar refractivity (Wildman–Crippen MR) is 99.0 cm³/mol. The van der Waals surface area contributed by atoms with Crippen molar-refractivity contribution >= 4 is 22.8 Å². The summed E-state index contributed by atoms with van der Waals surface area (Å²) in [6, 6.07) is 3.52. The summed E-state index contributed by atoms with van der Waals surface area (Å²) < 4.78 is 24.4. The van der Waals surface area contributed by atoms with E-state index in [9.17, 15) is 9.18 Å². The number of carbonyl (C=O) groups is 1. The van der Waals surface area contributed by atoms with Gasteiger partial charge in [-0.2, -0.15) is 0 Å². The van der Waals surface area contributed by atoms with E-state index in [4.69, 9.17) is 9.47 Å². The number of hydrogen-bond donors (Lipinski definition) is 2. The lowest BCUT2D eigenvalue weighted by molar-refractivity contribution is -0.117. The number of halogens is 1. The average molecular weight is 383 g/mol. The second kappa shape index (κ2) is 6.43. The number of methoxy groups -OCH3 is 1. The summed E-state index contributed by atoms with van der Waals surface area (Å²) >= 11 is 0. The van der Waals surface area contributed by atoms with Gasteiger partial charge in [-0.15, -0.1) is 0 Å². The van der Waals surface area contributed by atoms with Crippen molar-refractivity contribution in [2.45, 2.75) is 31.5 Å². The van der Waals surface area contributed by atoms with Crippen LogP contribution in [0.25, 0.3) is 22.2 Å². The van der Waals surface area contributed by atoms with Crippen LogP contribution in [-0.4, -0.2) is 45.2 Å². The van der Waals surface area contributed by atoms with E-state index < -0.39 is 12.1 Å². The van der Waals surface area contributed by atoms with Crippen LogP contribution < -0.4 is 14.8 Å². The van der Waals surface area contributed by atoms with E-state index in [0.29, 0.717) is 28.8 Å². The Kier molecular flexibility index (Phi) is 3.88. The Hall–Kier alpha value is -3.23. The second-order valence-electron chi connectivity index (χ2n) is 7.02. The van der Waals surface area contributed by atoms with Crippen molar-refractivity contribution in [3.8, 4) is 22.9 Å². The van der Waals surface area contributed by atoms with Crippen LogP contribution in [0.2, 0.25) is 0 Å². The molecule has 0 aromatic carbocycles. The molecule has 2 aliphatic rings. The molecule has 0 radical (unpaired) electrons. The fourth-order valence-electron chi connectivity index (χ4n) is 3.11. The lowest BCUT2D eigenvalue weighted by atomic mass is 10.1. The summed E-state index contributed by atoms with van der Waals surface area (Å²) in [6.07, 6.45) is 4.61. The van der Waals surface area contributed by atoms with Gasteiger partial charge in [0.05, 0.1) is 13.0 Å². The fraction of sp³-hybridized carbons (Fsp3) is 0.368. The van der Waals surface area contributed by atoms with Gasteiger partial charge in [-0.05, 0) is 31.4 Å². The first kappa shape index (κ1) is 16.9. The monoisotopic (exact) mass is 383 g/mol. The zero-order valence-corrected chi connectivity index (χ0v) is 15.1. The van der Waals surface area contributed by atoms with Crippen LogP contribution in [0.4, 0.5) is 10.2 Å². The van der Waals surface area contributed by atoms with Crippen molar-refractivity contribution in [2.24, 2.45) is 5.92 Å². The molecule has 3 aromatic rings. The molecule has 3 heterocycles. The van der Waals surface area contributed by atoms with Crippen molar-refractivity contribution < 1.29 is 18.7 Å². The Labute approximate surface area is 159 Å². The number of H-pyrrole nitrogens is 1. The van der Waals surface area contributed by atoms with E-state index in [1.54, 1.807) is 19.4 Å². The minimum Gasteiger partial charge on any atom is -0.480 e. The van der Waals surface area contributed by atoms with Gasteiger partial charge in [0.25, 0.3) is 0 Å². The summed E-state index contributed by atoms with van der Waals surface area (Å²) in [7, 11) is 1.55. The number of ether oxygens (including phenoxy) is 2. The van der Waals surface area contributed by atoms with Gasteiger partial charge in [0.15, 0.2) is 0 Å². The number of anilines is 1. The van der Waals surface area contributed by atoms with E-state index in [-0.39, 0.29) is 18.4 Å². The molecule has 28 heavy (non-hydrogen) atoms. The van der Waals surface area contributed by atoms with E-state index >= 15 is 0 Å². The summed E-state index contributed by atoms with van der Waals surface area (Å²) in [5.41, 5.74) is 2.02. The van der Waals surface area contributed by atoms with E-state index in [1.807, 2.05) is 6.07 Å². The van der Waals surface area contributed by atoms with E-state index in [1.165, 1.54) is 6.33 Å². The number of nitrogens with one attached hydrogen (secondary N) is 2. The molecule has 1 amide bonds. The number of aromatic nitrogens is 4. The van der Waals surface area contributed by atoms with Crippen LogP contribution >= 0.6 is 0 Å². The molecule has 0 saturated heterocycles. The first-order chi connectivity index (χ1) is 13.6. The molecule has 0 unspecified atom stereocenters. The number of alkyl halides is 1. The SMILES string of the molecule is COc1ncnc(OC2CC2)c1-c1c[nH]c2nc(NC(=O)[C@@H]3C[C@@H]3F)ccc12. The summed E-state index contributed by atoms with van der Waals surface area (Å²) in [5, 5.41) is 3.47. The van der Waals surface area contributed by atoms with Crippen LogP contribution in [0.1, 0.15) is 19.3 Å². The summed E-state index contributed by atoms with van der Waals surface area (Å²) in [5.74, 6) is 0.340. The maximum atomic E-state index is 13.1. The number of fused-ring (bicyclic) bond motifs is 1. The van der Waals surface area contributed by atoms with Crippen molar-refractivity contribution in [3.05, 3.63) is 24.7 Å². The highest BCUT2D eigenvalue weighted by Gasteiger charge is 2.43. The van der Waals surface area contributed by atoms with Crippen molar-refractivity contribution in [1.82, 2.24) is 19.9 Å². The largest absolute Gasteiger partial charge is 0.480 e. The van der Waals surface area contributed by atoms with Crippen LogP contribution in [0.15, 0.2) is 24.7 Å². The Morgan fingerprint density at radius 1 is 1.29 bits per heavy atom. The van der Waals surface area contributed by atoms with Crippen LogP contribution in [-0.2, 0) is 4.79 Å². The molecule has 9 heteroatoms. The zero-order valence-electron chi connectivity index (χ0n) is 15.1. The number of carbonyl (C=O) groups excluding carboxylic acids is 1. The zero-order chi connectivity index (χ0) is 19.3. The van der Waals surface area contributed by atoms with Gasteiger partial charge in [-0.3, -0.25) is 4.79 Å². The Balaban J connectivity index is 1.51. The highest BCUT2D eigenvalue weighted by atomic mass is 19.1. The number of pyridine rings is 1. The van der Waals surface area contributed by atoms with Gasteiger partial charge >= 0.3 is 0 Å². The Morgan fingerprint density at radius 3 is 2.79 bits per heavy atom. The van der Waals surface area contributed by atoms with Crippen molar-refractivity contribution in [1.29, 1.82) is 0 Å². The Morgan fingerprint density at radius 2 is 2.07 bits per heavy atom. The molecule has 2 saturated carbocycles. The standard InChI is InChI=1S/C19H18FN5O3/c1-27-18-15(19(23-8-22-18)28-9-2-3-9)12-7-21-16-10(12)4-5-14(24-16)25-17(26)11-6-13(11)20/h4-5,7-9,11,13H,2-3,6H2,1H3,(H2,21,24,25,26)/t11-,13+/m1/s1. The van der Waals surface area contributed by atoms with Crippen LogP contribution in [0, 0.1) is 5.92 Å². The normalized spacial score (nSPS) is 20.8. The maximum absolute atomic E-state index is 13.1. The third-order valence-corrected chi connectivity index (χ3v) is 4.88. The van der Waals surface area contributed by atoms with Crippen LogP contribution in [0.5, 0.6) is 11.8 Å². The molecule has 0 aliphatic heterocycles. The third kappa shape index (κ3) is 3.02. The summed E-state index contributed by atoms with van der Waals surface area (Å²) in [6.45, 7) is 0. The van der Waals surface area contributed by atoms with Gasteiger partial charge in [-0.25, -0.2) is 19.3 Å². The van der Waals surface area contributed by atoms with Crippen molar-refractivity contribution in [3.63, 3.8) is 0 Å². The lowest BCUT2D eigenvalue weighted by Gasteiger charge is -2.12. The van der Waals surface area contributed by atoms with Gasteiger partial charge in [-0.1, -0.05) is 0 Å². The van der Waals surface area contributed by atoms with Crippen LogP contribution in [0.3, 0.4) is 0 Å². The topological polar surface area (TPSA) is 102 Å². The van der Waals surface area contributed by atoms with E-state index in [0.717, 1.165) is 23.8 Å². The first-order valence-electron chi connectivity index (χ1n) is 9.13. The predicted octanol–water partition coefficient (Wildman–Crippen LogP) is 2.87. The minimum absolute atomic E-state index is 0.172. The van der Waals surface area contributed by atoms with Gasteiger partial charge < -0.3 is 19.8 Å². The highest BCUT2D eigenvalue weighted by Crippen LogP contribution is 2.41. The molecular weight excluding hydrogens is 365 g/mol. The summed E-state index contributed by atoms with van der Waals surface area (Å²) in [4.78, 5) is 27.9. The number of rotatable bonds is 6. The maximum Gasteiger partial charge on any atom is 0.231 e. The molecule has 8 nitrogen and oxygen atoms in total. The first-order valence-corrected chi connectivity index (χ1v) is 9.13. The number of amides is 1. The number of aromatic amines is 1.